The molecule has 0 radical (unpaired) electrons. The van der Waals surface area contributed by atoms with Crippen molar-refractivity contribution in [2.45, 2.75) is 38.5 Å². The van der Waals surface area contributed by atoms with Crippen molar-refractivity contribution >= 4 is 0 Å². The third-order valence-corrected chi connectivity index (χ3v) is 2.29. The fourth-order valence-electron chi connectivity index (χ4n) is 1.38. The van der Waals surface area contributed by atoms with Gasteiger partial charge in [0.2, 0.25) is 0 Å². The van der Waals surface area contributed by atoms with Gasteiger partial charge >= 0.3 is 12.4 Å². The predicted octanol–water partition coefficient (Wildman–Crippen LogP) is 4.72. The van der Waals surface area contributed by atoms with Crippen molar-refractivity contribution in [2.24, 2.45) is 11.8 Å². The van der Waals surface area contributed by atoms with Gasteiger partial charge in [-0.25, -0.2) is 0 Å². The first-order chi connectivity index (χ1) is 7.09. The molecule has 0 fully saturated rings. The zero-order valence-corrected chi connectivity index (χ0v) is 8.83. The molecule has 0 aromatic carbocycles. The van der Waals surface area contributed by atoms with E-state index in [-0.39, 0.29) is 6.42 Å². The smallest absolute Gasteiger partial charge is 0.170 e. The number of alkyl halides is 6. The molecule has 0 aromatic heterocycles. The molecular weight excluding hydrogens is 234 g/mol. The topological polar surface area (TPSA) is 0 Å². The zero-order chi connectivity index (χ0) is 13.0. The monoisotopic (exact) mass is 248 g/mol. The fourth-order valence-corrected chi connectivity index (χ4v) is 1.38. The lowest BCUT2D eigenvalue weighted by atomic mass is 9.91. The van der Waals surface area contributed by atoms with E-state index in [0.717, 1.165) is 0 Å². The van der Waals surface area contributed by atoms with E-state index in [1.165, 1.54) is 13.0 Å². The van der Waals surface area contributed by atoms with Crippen LogP contribution in [-0.4, -0.2) is 12.4 Å². The summed E-state index contributed by atoms with van der Waals surface area (Å²) in [7, 11) is 0. The van der Waals surface area contributed by atoms with Crippen LogP contribution in [0.2, 0.25) is 0 Å². The summed E-state index contributed by atoms with van der Waals surface area (Å²) in [4.78, 5) is 0. The minimum absolute atomic E-state index is 0.284. The maximum Gasteiger partial charge on any atom is 0.400 e. The number of hydrogen-bond donors (Lipinski definition) is 0. The second-order valence-electron chi connectivity index (χ2n) is 3.84. The van der Waals surface area contributed by atoms with E-state index in [0.29, 0.717) is 6.42 Å². The molecule has 6 heteroatoms. The molecule has 0 aliphatic heterocycles. The molecule has 0 aromatic rings. The molecule has 0 saturated heterocycles. The maximum absolute atomic E-state index is 12.2. The number of hydrogen-bond acceptors (Lipinski definition) is 0. The highest BCUT2D eigenvalue weighted by Crippen LogP contribution is 2.43. The highest BCUT2D eigenvalue weighted by atomic mass is 19.4. The first kappa shape index (κ1) is 15.3. The zero-order valence-electron chi connectivity index (χ0n) is 8.83. The minimum Gasteiger partial charge on any atom is -0.170 e. The Morgan fingerprint density at radius 1 is 1.06 bits per heavy atom. The van der Waals surface area contributed by atoms with Crippen molar-refractivity contribution in [3.63, 3.8) is 0 Å². The molecule has 0 N–H and O–H groups in total. The van der Waals surface area contributed by atoms with Crippen LogP contribution in [-0.2, 0) is 0 Å². The fraction of sp³-hybridized carbons (Fsp3) is 0.800. The van der Waals surface area contributed by atoms with Gasteiger partial charge in [-0.05, 0) is 25.2 Å². The summed E-state index contributed by atoms with van der Waals surface area (Å²) in [6, 6.07) is 0. The van der Waals surface area contributed by atoms with Crippen molar-refractivity contribution in [1.29, 1.82) is 0 Å². The quantitative estimate of drug-likeness (QED) is 0.488. The van der Waals surface area contributed by atoms with Crippen molar-refractivity contribution in [2.75, 3.05) is 0 Å². The molecule has 0 rings (SSSR count). The highest BCUT2D eigenvalue weighted by molar-refractivity contribution is 4.78. The second kappa shape index (κ2) is 5.59. The predicted molar refractivity (Wildman–Crippen MR) is 48.8 cm³/mol. The second-order valence-corrected chi connectivity index (χ2v) is 3.84. The van der Waals surface area contributed by atoms with Gasteiger partial charge in [0.25, 0.3) is 0 Å². The van der Waals surface area contributed by atoms with E-state index in [9.17, 15) is 26.3 Å². The molecule has 16 heavy (non-hydrogen) atoms. The Morgan fingerprint density at radius 3 is 1.81 bits per heavy atom. The van der Waals surface area contributed by atoms with Crippen LogP contribution in [0.4, 0.5) is 26.3 Å². The molecule has 1 unspecified atom stereocenters. The lowest BCUT2D eigenvalue weighted by Gasteiger charge is -2.25. The van der Waals surface area contributed by atoms with Crippen molar-refractivity contribution < 1.29 is 26.3 Å². The average Bonchev–Trinajstić information content (AvgIpc) is 2.07. The number of halogens is 6. The molecule has 0 aliphatic rings. The van der Waals surface area contributed by atoms with Crippen LogP contribution in [0, 0.1) is 11.8 Å². The summed E-state index contributed by atoms with van der Waals surface area (Å²) in [5.74, 6) is -3.86. The molecule has 0 aliphatic carbocycles. The molecule has 1 atom stereocenters. The Kier molecular flexibility index (Phi) is 5.35. The van der Waals surface area contributed by atoms with Gasteiger partial charge in [-0.15, -0.1) is 6.58 Å². The molecule has 0 bridgehead atoms. The van der Waals surface area contributed by atoms with E-state index < -0.39 is 30.6 Å². The van der Waals surface area contributed by atoms with E-state index >= 15 is 0 Å². The Balaban J connectivity index is 4.51. The van der Waals surface area contributed by atoms with E-state index in [2.05, 4.69) is 6.58 Å². The molecule has 0 spiro atoms. The summed E-state index contributed by atoms with van der Waals surface area (Å²) in [6.45, 7) is 4.75. The van der Waals surface area contributed by atoms with Crippen molar-refractivity contribution in [1.82, 2.24) is 0 Å². The average molecular weight is 248 g/mol. The lowest BCUT2D eigenvalue weighted by Crippen LogP contribution is -2.37. The Hall–Kier alpha value is -0.680. The van der Waals surface area contributed by atoms with Crippen molar-refractivity contribution in [3.8, 4) is 0 Å². The first-order valence-electron chi connectivity index (χ1n) is 4.83. The Labute approximate surface area is 90.3 Å². The van der Waals surface area contributed by atoms with Gasteiger partial charge in [-0.1, -0.05) is 13.0 Å². The van der Waals surface area contributed by atoms with Gasteiger partial charge in [0, 0.05) is 0 Å². The van der Waals surface area contributed by atoms with E-state index in [1.54, 1.807) is 0 Å². The summed E-state index contributed by atoms with van der Waals surface area (Å²) in [5.41, 5.74) is 0. The minimum atomic E-state index is -5.22. The normalized spacial score (nSPS) is 15.2. The number of allylic oxidation sites excluding steroid dienone is 1. The summed E-state index contributed by atoms with van der Waals surface area (Å²) in [5, 5.41) is 0. The molecule has 0 saturated carbocycles. The SMILES string of the molecule is C=CCCC(C)CC(C(F)(F)F)C(F)(F)F. The van der Waals surface area contributed by atoms with Gasteiger partial charge in [0.15, 0.2) is 5.92 Å². The largest absolute Gasteiger partial charge is 0.400 e. The summed E-state index contributed by atoms with van der Waals surface area (Å²) >= 11 is 0. The molecular formula is C10H14F6. The number of rotatable bonds is 5. The third-order valence-electron chi connectivity index (χ3n) is 2.29. The van der Waals surface area contributed by atoms with Gasteiger partial charge in [0.1, 0.15) is 0 Å². The van der Waals surface area contributed by atoms with Crippen LogP contribution in [0.1, 0.15) is 26.2 Å². The molecule has 0 heterocycles. The van der Waals surface area contributed by atoms with Crippen molar-refractivity contribution in [3.05, 3.63) is 12.7 Å². The maximum atomic E-state index is 12.2. The lowest BCUT2D eigenvalue weighted by molar-refractivity contribution is -0.288. The molecule has 0 amide bonds. The summed E-state index contributed by atoms with van der Waals surface area (Å²) in [6.07, 6.45) is -9.18. The van der Waals surface area contributed by atoms with Gasteiger partial charge in [-0.2, -0.15) is 26.3 Å². The van der Waals surface area contributed by atoms with Crippen LogP contribution in [0.15, 0.2) is 12.7 Å². The standard InChI is InChI=1S/C10H14F6/c1-3-4-5-7(2)6-8(9(11,12)13)10(14,15)16/h3,7-8H,1,4-6H2,2H3. The summed E-state index contributed by atoms with van der Waals surface area (Å²) < 4.78 is 73.0. The molecule has 0 nitrogen and oxygen atoms in total. The first-order valence-corrected chi connectivity index (χ1v) is 4.83. The van der Waals surface area contributed by atoms with E-state index in [1.807, 2.05) is 0 Å². The van der Waals surface area contributed by atoms with Gasteiger partial charge in [0.05, 0.1) is 0 Å². The van der Waals surface area contributed by atoms with Crippen LogP contribution >= 0.6 is 0 Å². The van der Waals surface area contributed by atoms with Crippen LogP contribution < -0.4 is 0 Å². The Bertz CT molecular complexity index is 200. The Morgan fingerprint density at radius 2 is 1.50 bits per heavy atom. The van der Waals surface area contributed by atoms with Crippen LogP contribution in [0.5, 0.6) is 0 Å². The third kappa shape index (κ3) is 5.42. The van der Waals surface area contributed by atoms with E-state index in [4.69, 9.17) is 0 Å². The van der Waals surface area contributed by atoms with Crippen LogP contribution in [0.3, 0.4) is 0 Å². The molecule has 96 valence electrons. The van der Waals surface area contributed by atoms with Crippen LogP contribution in [0.25, 0.3) is 0 Å². The highest BCUT2D eigenvalue weighted by Gasteiger charge is 2.56. The van der Waals surface area contributed by atoms with Gasteiger partial charge in [-0.3, -0.25) is 0 Å². The van der Waals surface area contributed by atoms with Gasteiger partial charge < -0.3 is 0 Å².